The minimum atomic E-state index is 0.0385. The largest absolute Gasteiger partial charge is 0.392 e. The van der Waals surface area contributed by atoms with Crippen molar-refractivity contribution in [3.63, 3.8) is 0 Å². The first kappa shape index (κ1) is 12.6. The molecule has 0 atom stereocenters. The molecule has 2 rings (SSSR count). The third-order valence-electron chi connectivity index (χ3n) is 3.12. The average molecular weight is 246 g/mol. The van der Waals surface area contributed by atoms with Gasteiger partial charge in [-0.3, -0.25) is 4.79 Å². The fourth-order valence-corrected chi connectivity index (χ4v) is 2.19. The average Bonchev–Trinajstić information content (AvgIpc) is 2.82. The van der Waals surface area contributed by atoms with Gasteiger partial charge in [0.15, 0.2) is 0 Å². The minimum absolute atomic E-state index is 0.0385. The van der Waals surface area contributed by atoms with E-state index in [1.165, 1.54) is 0 Å². The van der Waals surface area contributed by atoms with E-state index in [-0.39, 0.29) is 12.5 Å². The number of hydrogen-bond acceptors (Lipinski definition) is 2. The van der Waals surface area contributed by atoms with E-state index >= 15 is 0 Å². The molecule has 0 spiro atoms. The molecular formula is C14H18N2O2. The fourth-order valence-electron chi connectivity index (χ4n) is 2.19. The lowest BCUT2D eigenvalue weighted by atomic mass is 10.1. The van der Waals surface area contributed by atoms with Crippen LogP contribution in [0.25, 0.3) is 10.9 Å². The van der Waals surface area contributed by atoms with Crippen molar-refractivity contribution < 1.29 is 9.90 Å². The highest BCUT2D eigenvalue weighted by molar-refractivity contribution is 5.83. The van der Waals surface area contributed by atoms with Gasteiger partial charge in [0.05, 0.1) is 12.1 Å². The van der Waals surface area contributed by atoms with Gasteiger partial charge in [0, 0.05) is 31.8 Å². The van der Waals surface area contributed by atoms with Crippen molar-refractivity contribution in [2.45, 2.75) is 26.0 Å². The number of aryl methyl sites for hydroxylation is 1. The topological polar surface area (TPSA) is 54.3 Å². The summed E-state index contributed by atoms with van der Waals surface area (Å²) in [6.45, 7) is 0.824. The minimum Gasteiger partial charge on any atom is -0.392 e. The summed E-state index contributed by atoms with van der Waals surface area (Å²) < 4.78 is 2.10. The molecule has 0 radical (unpaired) electrons. The summed E-state index contributed by atoms with van der Waals surface area (Å²) in [6.07, 6.45) is 3.33. The number of hydrogen-bond donors (Lipinski definition) is 2. The summed E-state index contributed by atoms with van der Waals surface area (Å²) in [5.74, 6) is 0.0637. The monoisotopic (exact) mass is 246 g/mol. The Morgan fingerprint density at radius 3 is 2.94 bits per heavy atom. The molecule has 0 aliphatic carbocycles. The van der Waals surface area contributed by atoms with Crippen molar-refractivity contribution >= 4 is 16.8 Å². The van der Waals surface area contributed by atoms with E-state index in [4.69, 9.17) is 0 Å². The fraction of sp³-hybridized carbons (Fsp3) is 0.357. The highest BCUT2D eigenvalue weighted by Crippen LogP contribution is 2.20. The Balaban J connectivity index is 2.16. The van der Waals surface area contributed by atoms with Gasteiger partial charge in [-0.1, -0.05) is 18.2 Å². The van der Waals surface area contributed by atoms with Crippen LogP contribution in [0.1, 0.15) is 18.4 Å². The molecule has 0 fully saturated rings. The molecule has 2 aromatic rings. The highest BCUT2D eigenvalue weighted by Gasteiger charge is 2.06. The van der Waals surface area contributed by atoms with Crippen LogP contribution in [0.2, 0.25) is 0 Å². The third kappa shape index (κ3) is 2.54. The molecule has 18 heavy (non-hydrogen) atoms. The summed E-state index contributed by atoms with van der Waals surface area (Å²) in [5.41, 5.74) is 1.99. The van der Waals surface area contributed by atoms with Crippen LogP contribution in [0, 0.1) is 0 Å². The Labute approximate surface area is 106 Å². The summed E-state index contributed by atoms with van der Waals surface area (Å²) >= 11 is 0. The molecule has 1 aromatic carbocycles. The molecule has 0 aliphatic rings. The molecule has 96 valence electrons. The van der Waals surface area contributed by atoms with Gasteiger partial charge in [-0.25, -0.2) is 0 Å². The van der Waals surface area contributed by atoms with Crippen LogP contribution in [-0.2, 0) is 17.9 Å². The smallest absolute Gasteiger partial charge is 0.219 e. The number of amides is 1. The summed E-state index contributed by atoms with van der Waals surface area (Å²) in [5, 5.41) is 13.1. The maximum atomic E-state index is 11.2. The van der Waals surface area contributed by atoms with Crippen molar-refractivity contribution in [2.24, 2.45) is 0 Å². The van der Waals surface area contributed by atoms with Gasteiger partial charge in [0.2, 0.25) is 5.91 Å². The normalized spacial score (nSPS) is 10.8. The van der Waals surface area contributed by atoms with Crippen LogP contribution in [0.5, 0.6) is 0 Å². The molecule has 4 heteroatoms. The number of carbonyl (C=O) groups is 1. The summed E-state index contributed by atoms with van der Waals surface area (Å²) in [6, 6.07) is 7.94. The van der Waals surface area contributed by atoms with E-state index in [0.29, 0.717) is 6.42 Å². The predicted octanol–water partition coefficient (Wildman–Crippen LogP) is 1.66. The number of fused-ring (bicyclic) bond motifs is 1. The zero-order valence-corrected chi connectivity index (χ0v) is 10.5. The number of nitrogens with zero attached hydrogens (tertiary/aromatic N) is 1. The van der Waals surface area contributed by atoms with Gasteiger partial charge in [-0.05, 0) is 17.9 Å². The molecule has 0 saturated carbocycles. The number of rotatable bonds is 5. The zero-order chi connectivity index (χ0) is 13.0. The second-order valence-corrected chi connectivity index (χ2v) is 4.30. The van der Waals surface area contributed by atoms with Gasteiger partial charge in [-0.2, -0.15) is 0 Å². The van der Waals surface area contributed by atoms with Gasteiger partial charge in [-0.15, -0.1) is 0 Å². The first-order chi connectivity index (χ1) is 8.76. The van der Waals surface area contributed by atoms with E-state index in [2.05, 4.69) is 9.88 Å². The van der Waals surface area contributed by atoms with E-state index in [9.17, 15) is 9.90 Å². The van der Waals surface area contributed by atoms with Gasteiger partial charge >= 0.3 is 0 Å². The van der Waals surface area contributed by atoms with Crippen LogP contribution >= 0.6 is 0 Å². The van der Waals surface area contributed by atoms with Crippen molar-refractivity contribution in [3.05, 3.63) is 36.0 Å². The Morgan fingerprint density at radius 2 is 2.22 bits per heavy atom. The Kier molecular flexibility index (Phi) is 3.99. The van der Waals surface area contributed by atoms with Crippen molar-refractivity contribution in [1.29, 1.82) is 0 Å². The van der Waals surface area contributed by atoms with Crippen LogP contribution < -0.4 is 5.32 Å². The number of aromatic nitrogens is 1. The van der Waals surface area contributed by atoms with Gasteiger partial charge < -0.3 is 15.0 Å². The van der Waals surface area contributed by atoms with E-state index in [0.717, 1.165) is 29.4 Å². The number of para-hydroxylation sites is 1. The molecular weight excluding hydrogens is 228 g/mol. The molecule has 1 heterocycles. The second kappa shape index (κ2) is 5.69. The lowest BCUT2D eigenvalue weighted by Gasteiger charge is -2.08. The number of nitrogens with one attached hydrogen (secondary N) is 1. The molecule has 1 amide bonds. The number of aliphatic hydroxyl groups is 1. The molecule has 0 aliphatic heterocycles. The quantitative estimate of drug-likeness (QED) is 0.843. The molecule has 0 bridgehead atoms. The zero-order valence-electron chi connectivity index (χ0n) is 10.5. The lowest BCUT2D eigenvalue weighted by Crippen LogP contribution is -2.17. The van der Waals surface area contributed by atoms with Crippen molar-refractivity contribution in [2.75, 3.05) is 7.05 Å². The lowest BCUT2D eigenvalue weighted by molar-refractivity contribution is -0.120. The first-order valence-electron chi connectivity index (χ1n) is 6.14. The highest BCUT2D eigenvalue weighted by atomic mass is 16.3. The summed E-state index contributed by atoms with van der Waals surface area (Å²) in [4.78, 5) is 11.2. The van der Waals surface area contributed by atoms with Crippen LogP contribution in [0.15, 0.2) is 30.5 Å². The molecule has 2 N–H and O–H groups in total. The first-order valence-corrected chi connectivity index (χ1v) is 6.14. The van der Waals surface area contributed by atoms with Gasteiger partial charge in [0.25, 0.3) is 0 Å². The number of carbonyl (C=O) groups excluding carboxylic acids is 1. The maximum Gasteiger partial charge on any atom is 0.219 e. The van der Waals surface area contributed by atoms with E-state index in [1.54, 1.807) is 7.05 Å². The van der Waals surface area contributed by atoms with Crippen LogP contribution in [0.4, 0.5) is 0 Å². The molecule has 0 saturated heterocycles. The Hall–Kier alpha value is -1.81. The maximum absolute atomic E-state index is 11.2. The Morgan fingerprint density at radius 1 is 1.39 bits per heavy atom. The standard InChI is InChI=1S/C14H18N2O2/c1-15-13(18)6-3-8-16-9-7-11-4-2-5-12(10-17)14(11)16/h2,4-5,7,9,17H,3,6,8,10H2,1H3,(H,15,18). The van der Waals surface area contributed by atoms with Crippen molar-refractivity contribution in [1.82, 2.24) is 9.88 Å². The third-order valence-corrected chi connectivity index (χ3v) is 3.12. The van der Waals surface area contributed by atoms with Crippen LogP contribution in [-0.4, -0.2) is 22.6 Å². The second-order valence-electron chi connectivity index (χ2n) is 4.30. The summed E-state index contributed by atoms with van der Waals surface area (Å²) in [7, 11) is 1.65. The number of aliphatic hydroxyl groups excluding tert-OH is 1. The van der Waals surface area contributed by atoms with E-state index in [1.807, 2.05) is 30.5 Å². The molecule has 1 aromatic heterocycles. The van der Waals surface area contributed by atoms with Crippen LogP contribution in [0.3, 0.4) is 0 Å². The Bertz CT molecular complexity index is 546. The molecule has 0 unspecified atom stereocenters. The predicted molar refractivity (Wildman–Crippen MR) is 71.2 cm³/mol. The van der Waals surface area contributed by atoms with Gasteiger partial charge in [0.1, 0.15) is 0 Å². The van der Waals surface area contributed by atoms with E-state index < -0.39 is 0 Å². The molecule has 4 nitrogen and oxygen atoms in total. The SMILES string of the molecule is CNC(=O)CCCn1ccc2cccc(CO)c21. The van der Waals surface area contributed by atoms with Crippen molar-refractivity contribution in [3.8, 4) is 0 Å². The number of benzene rings is 1.